The van der Waals surface area contributed by atoms with E-state index in [9.17, 15) is 9.18 Å². The van der Waals surface area contributed by atoms with Gasteiger partial charge in [0, 0.05) is 5.75 Å². The third-order valence-electron chi connectivity index (χ3n) is 4.42. The summed E-state index contributed by atoms with van der Waals surface area (Å²) >= 11 is 7.34. The van der Waals surface area contributed by atoms with Crippen molar-refractivity contribution in [1.82, 2.24) is 0 Å². The molecule has 31 heavy (non-hydrogen) atoms. The van der Waals surface area contributed by atoms with E-state index in [-0.39, 0.29) is 10.9 Å². The van der Waals surface area contributed by atoms with Gasteiger partial charge in [-0.2, -0.15) is 0 Å². The van der Waals surface area contributed by atoms with Crippen molar-refractivity contribution >= 4 is 46.2 Å². The van der Waals surface area contributed by atoms with Crippen LogP contribution in [0.3, 0.4) is 0 Å². The van der Waals surface area contributed by atoms with Gasteiger partial charge in [-0.15, -0.1) is 0 Å². The monoisotopic (exact) mass is 452 g/mol. The van der Waals surface area contributed by atoms with Gasteiger partial charge in [0.25, 0.3) is 5.91 Å². The molecule has 3 aromatic carbocycles. The summed E-state index contributed by atoms with van der Waals surface area (Å²) in [6.45, 7) is 0.442. The molecule has 156 valence electrons. The molecule has 0 aromatic heterocycles. The first-order chi connectivity index (χ1) is 15.1. The number of para-hydroxylation sites is 1. The molecule has 1 aliphatic rings. The number of amidine groups is 1. The molecule has 0 saturated heterocycles. The Balaban J connectivity index is 1.55. The number of amides is 1. The van der Waals surface area contributed by atoms with Crippen molar-refractivity contribution in [3.8, 4) is 5.75 Å². The van der Waals surface area contributed by atoms with Crippen molar-refractivity contribution < 1.29 is 13.9 Å². The molecule has 1 aliphatic heterocycles. The molecule has 0 saturated carbocycles. The van der Waals surface area contributed by atoms with Gasteiger partial charge < -0.3 is 4.74 Å². The van der Waals surface area contributed by atoms with Gasteiger partial charge in [0.1, 0.15) is 17.3 Å². The van der Waals surface area contributed by atoms with Crippen molar-refractivity contribution in [2.45, 2.75) is 0 Å². The highest BCUT2D eigenvalue weighted by atomic mass is 35.5. The maximum absolute atomic E-state index is 13.7. The molecule has 0 spiro atoms. The molecule has 0 fully saturated rings. The summed E-state index contributed by atoms with van der Waals surface area (Å²) in [4.78, 5) is 19.1. The summed E-state index contributed by atoms with van der Waals surface area (Å²) in [7, 11) is 0. The van der Waals surface area contributed by atoms with Crippen LogP contribution in [-0.4, -0.2) is 23.4 Å². The first-order valence-corrected chi connectivity index (χ1v) is 10.9. The molecule has 4 rings (SSSR count). The first kappa shape index (κ1) is 21.2. The molecular formula is C24H18ClFN2O2S. The van der Waals surface area contributed by atoms with Crippen molar-refractivity contribution in [1.29, 1.82) is 0 Å². The lowest BCUT2D eigenvalue weighted by molar-refractivity contribution is -0.113. The Labute approximate surface area is 189 Å². The van der Waals surface area contributed by atoms with E-state index < -0.39 is 5.82 Å². The lowest BCUT2D eigenvalue weighted by Gasteiger charge is -2.18. The van der Waals surface area contributed by atoms with Crippen molar-refractivity contribution in [2.24, 2.45) is 4.99 Å². The number of benzene rings is 3. The Kier molecular flexibility index (Phi) is 6.70. The molecule has 1 amide bonds. The van der Waals surface area contributed by atoms with Gasteiger partial charge in [-0.1, -0.05) is 71.9 Å². The number of hydrogen-bond acceptors (Lipinski definition) is 4. The number of aliphatic imine (C=N–C) groups is 1. The molecule has 3 aromatic rings. The number of rotatable bonds is 6. The molecule has 0 bridgehead atoms. The molecule has 4 nitrogen and oxygen atoms in total. The number of halogens is 2. The summed E-state index contributed by atoms with van der Waals surface area (Å²) in [5, 5.41) is 0.439. The molecule has 7 heteroatoms. The number of thioether (sulfide) groups is 1. The predicted octanol–water partition coefficient (Wildman–Crippen LogP) is 6.04. The van der Waals surface area contributed by atoms with Crippen LogP contribution in [0.25, 0.3) is 6.08 Å². The molecule has 1 heterocycles. The maximum atomic E-state index is 13.7. The van der Waals surface area contributed by atoms with Gasteiger partial charge >= 0.3 is 0 Å². The lowest BCUT2D eigenvalue weighted by atomic mass is 10.2. The van der Waals surface area contributed by atoms with Crippen LogP contribution in [0.2, 0.25) is 5.02 Å². The zero-order valence-electron chi connectivity index (χ0n) is 16.4. The third-order valence-corrected chi connectivity index (χ3v) is 5.61. The fourth-order valence-electron chi connectivity index (χ4n) is 2.96. The highest BCUT2D eigenvalue weighted by Crippen LogP contribution is 2.31. The standard InChI is InChI=1S/C24H18ClFN2O2S/c25-20-16-18(11-12-21(20)26)28-23(29)22(15-17-7-3-1-4-8-17)27-24(28)31-14-13-30-19-9-5-2-6-10-19/h1-12,15-16H,13-14H2/b22-15+. The Morgan fingerprint density at radius 1 is 1.03 bits per heavy atom. The molecule has 0 atom stereocenters. The first-order valence-electron chi connectivity index (χ1n) is 9.57. The van der Waals surface area contributed by atoms with Crippen molar-refractivity contribution in [2.75, 3.05) is 17.3 Å². The van der Waals surface area contributed by atoms with E-state index >= 15 is 0 Å². The van der Waals surface area contributed by atoms with E-state index in [0.717, 1.165) is 11.3 Å². The van der Waals surface area contributed by atoms with Crippen LogP contribution in [-0.2, 0) is 4.79 Å². The van der Waals surface area contributed by atoms with Gasteiger partial charge in [-0.05, 0) is 42.0 Å². The second kappa shape index (κ2) is 9.81. The highest BCUT2D eigenvalue weighted by Gasteiger charge is 2.32. The summed E-state index contributed by atoms with van der Waals surface area (Å²) in [6, 6.07) is 23.2. The predicted molar refractivity (Wildman–Crippen MR) is 125 cm³/mol. The second-order valence-corrected chi connectivity index (χ2v) is 8.05. The Bertz CT molecular complexity index is 1140. The molecule has 0 aliphatic carbocycles. The second-order valence-electron chi connectivity index (χ2n) is 6.58. The summed E-state index contributed by atoms with van der Waals surface area (Å²) in [6.07, 6.45) is 1.73. The Hall–Kier alpha value is -3.09. The average Bonchev–Trinajstić information content (AvgIpc) is 3.09. The molecular weight excluding hydrogens is 435 g/mol. The van der Waals surface area contributed by atoms with Crippen LogP contribution in [0, 0.1) is 5.82 Å². The normalized spacial score (nSPS) is 14.8. The topological polar surface area (TPSA) is 41.9 Å². The van der Waals surface area contributed by atoms with Gasteiger partial charge in [-0.25, -0.2) is 9.38 Å². The fraction of sp³-hybridized carbons (Fsp3) is 0.0833. The van der Waals surface area contributed by atoms with Crippen molar-refractivity contribution in [3.63, 3.8) is 0 Å². The smallest absolute Gasteiger partial charge is 0.283 e. The zero-order chi connectivity index (χ0) is 21.6. The largest absolute Gasteiger partial charge is 0.493 e. The van der Waals surface area contributed by atoms with Gasteiger partial charge in [0.15, 0.2) is 5.17 Å². The van der Waals surface area contributed by atoms with Crippen LogP contribution in [0.15, 0.2) is 89.6 Å². The number of carbonyl (C=O) groups is 1. The average molecular weight is 453 g/mol. The number of carbonyl (C=O) groups excluding carboxylic acids is 1. The summed E-state index contributed by atoms with van der Waals surface area (Å²) in [5.74, 6) is 0.516. The SMILES string of the molecule is O=C1/C(=C\c2ccccc2)N=C(SCCOc2ccccc2)N1c1ccc(F)c(Cl)c1. The fourth-order valence-corrected chi connectivity index (χ4v) is 3.97. The van der Waals surface area contributed by atoms with E-state index in [1.54, 1.807) is 6.08 Å². The molecule has 0 N–H and O–H groups in total. The van der Waals surface area contributed by atoms with Gasteiger partial charge in [0.2, 0.25) is 0 Å². The summed E-state index contributed by atoms with van der Waals surface area (Å²) in [5.41, 5.74) is 1.63. The number of ether oxygens (including phenoxy) is 1. The molecule has 0 unspecified atom stereocenters. The minimum atomic E-state index is -0.542. The third kappa shape index (κ3) is 5.16. The minimum Gasteiger partial charge on any atom is -0.493 e. The van der Waals surface area contributed by atoms with E-state index in [1.807, 2.05) is 60.7 Å². The minimum absolute atomic E-state index is 0.0532. The van der Waals surface area contributed by atoms with E-state index in [4.69, 9.17) is 16.3 Å². The quantitative estimate of drug-likeness (QED) is 0.338. The number of hydrogen-bond donors (Lipinski definition) is 0. The van der Waals surface area contributed by atoms with Crippen LogP contribution < -0.4 is 9.64 Å². The number of nitrogens with zero attached hydrogens (tertiary/aromatic N) is 2. The van der Waals surface area contributed by atoms with Crippen LogP contribution in [0.4, 0.5) is 10.1 Å². The van der Waals surface area contributed by atoms with Crippen molar-refractivity contribution in [3.05, 3.63) is 101 Å². The zero-order valence-corrected chi connectivity index (χ0v) is 17.9. The number of anilines is 1. The maximum Gasteiger partial charge on any atom is 0.283 e. The Morgan fingerprint density at radius 3 is 2.45 bits per heavy atom. The highest BCUT2D eigenvalue weighted by molar-refractivity contribution is 8.14. The Morgan fingerprint density at radius 2 is 1.74 bits per heavy atom. The van der Waals surface area contributed by atoms with Crippen LogP contribution in [0.1, 0.15) is 5.56 Å². The van der Waals surface area contributed by atoms with Gasteiger partial charge in [-0.3, -0.25) is 9.69 Å². The van der Waals surface area contributed by atoms with Crippen LogP contribution in [0.5, 0.6) is 5.75 Å². The van der Waals surface area contributed by atoms with E-state index in [2.05, 4.69) is 4.99 Å². The molecule has 0 radical (unpaired) electrons. The van der Waals surface area contributed by atoms with Gasteiger partial charge in [0.05, 0.1) is 17.3 Å². The summed E-state index contributed by atoms with van der Waals surface area (Å²) < 4.78 is 19.4. The van der Waals surface area contributed by atoms with E-state index in [0.29, 0.717) is 28.9 Å². The van der Waals surface area contributed by atoms with Crippen LogP contribution >= 0.6 is 23.4 Å². The van der Waals surface area contributed by atoms with E-state index in [1.165, 1.54) is 34.9 Å². The lowest BCUT2D eigenvalue weighted by Crippen LogP contribution is -2.30.